The Morgan fingerprint density at radius 3 is 2.43 bits per heavy atom. The highest BCUT2D eigenvalue weighted by atomic mass is 35.5. The number of sulfone groups is 1. The van der Waals surface area contributed by atoms with Gasteiger partial charge in [-0.05, 0) is 28.8 Å². The fourth-order valence-corrected chi connectivity index (χ4v) is 5.63. The summed E-state index contributed by atoms with van der Waals surface area (Å²) in [6, 6.07) is 12.6. The van der Waals surface area contributed by atoms with Crippen LogP contribution in [0.1, 0.15) is 36.0 Å². The first-order valence-corrected chi connectivity index (χ1v) is 11.6. The first kappa shape index (κ1) is 19.6. The van der Waals surface area contributed by atoms with Crippen LogP contribution in [0.4, 0.5) is 14.5 Å². The summed E-state index contributed by atoms with van der Waals surface area (Å²) in [5.41, 5.74) is 2.38. The molecule has 3 nitrogen and oxygen atoms in total. The second-order valence-corrected chi connectivity index (χ2v) is 10.8. The maximum absolute atomic E-state index is 14.3. The second-order valence-electron chi connectivity index (χ2n) is 8.19. The van der Waals surface area contributed by atoms with Crippen LogP contribution >= 0.6 is 11.6 Å². The van der Waals surface area contributed by atoms with E-state index in [1.165, 1.54) is 6.26 Å². The van der Waals surface area contributed by atoms with Crippen molar-refractivity contribution < 1.29 is 17.2 Å². The number of fused-ring (bicyclic) bond motifs is 1. The van der Waals surface area contributed by atoms with Crippen molar-refractivity contribution in [2.75, 3.05) is 18.1 Å². The molecule has 0 bridgehead atoms. The number of para-hydroxylation sites is 1. The van der Waals surface area contributed by atoms with E-state index >= 15 is 0 Å². The number of halogens is 3. The average molecular weight is 426 g/mol. The molecule has 3 unspecified atom stereocenters. The molecule has 0 radical (unpaired) electrons. The van der Waals surface area contributed by atoms with E-state index in [-0.39, 0.29) is 18.1 Å². The molecule has 2 aromatic carbocycles. The lowest BCUT2D eigenvalue weighted by molar-refractivity contribution is 0.0751. The van der Waals surface area contributed by atoms with Crippen LogP contribution in [0.2, 0.25) is 5.02 Å². The topological polar surface area (TPSA) is 46.2 Å². The van der Waals surface area contributed by atoms with Crippen molar-refractivity contribution in [3.8, 4) is 0 Å². The predicted octanol–water partition coefficient (Wildman–Crippen LogP) is 5.01. The lowest BCUT2D eigenvalue weighted by Crippen LogP contribution is -2.36. The summed E-state index contributed by atoms with van der Waals surface area (Å²) in [5.74, 6) is -3.73. The molecule has 2 aromatic rings. The van der Waals surface area contributed by atoms with Crippen molar-refractivity contribution in [3.63, 3.8) is 0 Å². The molecule has 0 amide bonds. The SMILES string of the molecule is CC(c1ccc(Cl)cc1)(C1CNc2c(CS(C)(=O)=O)cccc21)C1CC1(F)F. The van der Waals surface area contributed by atoms with E-state index in [0.717, 1.165) is 16.8 Å². The van der Waals surface area contributed by atoms with Crippen molar-refractivity contribution >= 4 is 27.1 Å². The third-order valence-corrected chi connectivity index (χ3v) is 7.29. The Hall–Kier alpha value is -1.66. The van der Waals surface area contributed by atoms with Crippen LogP contribution in [0.25, 0.3) is 0 Å². The first-order valence-electron chi connectivity index (χ1n) is 9.19. The Kier molecular flexibility index (Phi) is 4.51. The summed E-state index contributed by atoms with van der Waals surface area (Å²) >= 11 is 6.02. The van der Waals surface area contributed by atoms with E-state index in [9.17, 15) is 17.2 Å². The standard InChI is InChI=1S/C21H22ClF2NO2S/c1-20(18-10-21(18,23)24,14-6-8-15(22)9-7-14)17-11-25-19-13(12-28(2,26)27)4-3-5-16(17)19/h3-9,17-18,25H,10-12H2,1-2H3. The van der Waals surface area contributed by atoms with E-state index in [4.69, 9.17) is 11.6 Å². The molecule has 3 atom stereocenters. The van der Waals surface area contributed by atoms with Crippen LogP contribution in [0.5, 0.6) is 0 Å². The van der Waals surface area contributed by atoms with Gasteiger partial charge in [0.15, 0.2) is 9.84 Å². The molecule has 7 heteroatoms. The quantitative estimate of drug-likeness (QED) is 0.732. The highest BCUT2D eigenvalue weighted by molar-refractivity contribution is 7.89. The summed E-state index contributed by atoms with van der Waals surface area (Å²) in [7, 11) is -3.21. The van der Waals surface area contributed by atoms with Crippen molar-refractivity contribution in [3.05, 3.63) is 64.2 Å². The van der Waals surface area contributed by atoms with Gasteiger partial charge in [0.25, 0.3) is 5.92 Å². The second kappa shape index (κ2) is 6.42. The summed E-state index contributed by atoms with van der Waals surface area (Å²) in [6.45, 7) is 2.38. The normalized spacial score (nSPS) is 24.9. The number of alkyl halides is 2. The van der Waals surface area contributed by atoms with Gasteiger partial charge >= 0.3 is 0 Å². The van der Waals surface area contributed by atoms with Crippen molar-refractivity contribution in [1.82, 2.24) is 0 Å². The zero-order valence-electron chi connectivity index (χ0n) is 15.7. The van der Waals surface area contributed by atoms with Gasteiger partial charge in [0, 0.05) is 47.2 Å². The van der Waals surface area contributed by atoms with Crippen LogP contribution in [0.3, 0.4) is 0 Å². The Balaban J connectivity index is 1.81. The minimum atomic E-state index is -3.21. The van der Waals surface area contributed by atoms with Gasteiger partial charge in [-0.25, -0.2) is 17.2 Å². The molecule has 1 N–H and O–H groups in total. The van der Waals surface area contributed by atoms with Gasteiger partial charge in [-0.2, -0.15) is 0 Å². The Labute approximate surface area is 169 Å². The van der Waals surface area contributed by atoms with Crippen LogP contribution in [0.15, 0.2) is 42.5 Å². The molecule has 2 aliphatic rings. The molecule has 1 aliphatic carbocycles. The minimum Gasteiger partial charge on any atom is -0.384 e. The average Bonchev–Trinajstić information content (AvgIpc) is 3.04. The van der Waals surface area contributed by atoms with Crippen molar-refractivity contribution in [1.29, 1.82) is 0 Å². The Morgan fingerprint density at radius 1 is 1.21 bits per heavy atom. The molecule has 1 fully saturated rings. The van der Waals surface area contributed by atoms with Crippen molar-refractivity contribution in [2.45, 2.75) is 36.4 Å². The predicted molar refractivity (Wildman–Crippen MR) is 108 cm³/mol. The zero-order valence-corrected chi connectivity index (χ0v) is 17.2. The van der Waals surface area contributed by atoms with Gasteiger partial charge in [0.05, 0.1) is 5.75 Å². The lowest BCUT2D eigenvalue weighted by atomic mass is 9.66. The summed E-state index contributed by atoms with van der Waals surface area (Å²) in [4.78, 5) is 0. The van der Waals surface area contributed by atoms with Gasteiger partial charge in [-0.3, -0.25) is 0 Å². The van der Waals surface area contributed by atoms with Gasteiger partial charge in [0.2, 0.25) is 0 Å². The third kappa shape index (κ3) is 3.30. The van der Waals surface area contributed by atoms with E-state index in [0.29, 0.717) is 17.1 Å². The number of hydrogen-bond acceptors (Lipinski definition) is 3. The Bertz CT molecular complexity index is 1020. The van der Waals surface area contributed by atoms with E-state index in [1.54, 1.807) is 18.2 Å². The molecule has 28 heavy (non-hydrogen) atoms. The lowest BCUT2D eigenvalue weighted by Gasteiger charge is -2.37. The van der Waals surface area contributed by atoms with Crippen LogP contribution < -0.4 is 5.32 Å². The number of rotatable bonds is 5. The van der Waals surface area contributed by atoms with E-state index < -0.39 is 27.1 Å². The highest BCUT2D eigenvalue weighted by Crippen LogP contribution is 2.64. The molecule has 1 saturated carbocycles. The molecular weight excluding hydrogens is 404 g/mol. The molecule has 0 saturated heterocycles. The number of benzene rings is 2. The molecule has 1 aliphatic heterocycles. The molecular formula is C21H22ClF2NO2S. The largest absolute Gasteiger partial charge is 0.384 e. The maximum atomic E-state index is 14.3. The maximum Gasteiger partial charge on any atom is 0.252 e. The molecule has 4 rings (SSSR count). The van der Waals surface area contributed by atoms with Gasteiger partial charge < -0.3 is 5.32 Å². The molecule has 0 spiro atoms. The highest BCUT2D eigenvalue weighted by Gasteiger charge is 2.67. The zero-order chi connectivity index (χ0) is 20.3. The third-order valence-electron chi connectivity index (χ3n) is 6.20. The molecule has 150 valence electrons. The fourth-order valence-electron chi connectivity index (χ4n) is 4.70. The smallest absolute Gasteiger partial charge is 0.252 e. The van der Waals surface area contributed by atoms with Gasteiger partial charge in [-0.15, -0.1) is 0 Å². The number of anilines is 1. The van der Waals surface area contributed by atoms with Crippen LogP contribution in [0, 0.1) is 5.92 Å². The summed E-state index contributed by atoms with van der Waals surface area (Å²) in [6.07, 6.45) is 1.06. The number of nitrogens with one attached hydrogen (secondary N) is 1. The fraction of sp³-hybridized carbons (Fsp3) is 0.429. The van der Waals surface area contributed by atoms with Crippen LogP contribution in [-0.4, -0.2) is 27.1 Å². The Morgan fingerprint density at radius 2 is 1.86 bits per heavy atom. The number of hydrogen-bond donors (Lipinski definition) is 1. The van der Waals surface area contributed by atoms with E-state index in [1.807, 2.05) is 31.2 Å². The molecule has 0 aromatic heterocycles. The molecule has 1 heterocycles. The van der Waals surface area contributed by atoms with E-state index in [2.05, 4.69) is 5.32 Å². The van der Waals surface area contributed by atoms with Gasteiger partial charge in [0.1, 0.15) is 0 Å². The summed E-state index contributed by atoms with van der Waals surface area (Å²) < 4.78 is 52.1. The monoisotopic (exact) mass is 425 g/mol. The van der Waals surface area contributed by atoms with Crippen LogP contribution in [-0.2, 0) is 21.0 Å². The minimum absolute atomic E-state index is 0.0762. The van der Waals surface area contributed by atoms with Gasteiger partial charge in [-0.1, -0.05) is 48.9 Å². The summed E-state index contributed by atoms with van der Waals surface area (Å²) in [5, 5.41) is 3.87. The first-order chi connectivity index (χ1) is 13.0. The van der Waals surface area contributed by atoms with Crippen molar-refractivity contribution in [2.24, 2.45) is 5.92 Å².